The van der Waals surface area contributed by atoms with E-state index in [1.54, 1.807) is 22.3 Å². The van der Waals surface area contributed by atoms with Crippen molar-refractivity contribution in [3.8, 4) is 0 Å². The lowest BCUT2D eigenvalue weighted by atomic mass is 9.85. The topological polar surface area (TPSA) is 40.6 Å². The lowest BCUT2D eigenvalue weighted by Gasteiger charge is -2.37. The molecular formula is C33H34N2O2S. The summed E-state index contributed by atoms with van der Waals surface area (Å²) in [5.41, 5.74) is 4.18. The van der Waals surface area contributed by atoms with Gasteiger partial charge in [-0.1, -0.05) is 81.4 Å². The zero-order valence-corrected chi connectivity index (χ0v) is 23.1. The maximum absolute atomic E-state index is 13.9. The van der Waals surface area contributed by atoms with Gasteiger partial charge in [-0.15, -0.1) is 17.9 Å². The standard InChI is InChI=1S/C33H34N2O2S/c1-5-18-34(32(37)26-11-10-23-8-6-7-9-25(23)21-26)22-30(36)35-19-16-29-28(17-20-38-29)31(35)24-12-14-27(15-13-24)33(2,3)4/h5-15,17,20-21,31H,1,16,18-19,22H2,2-4H3. The molecule has 0 saturated heterocycles. The van der Waals surface area contributed by atoms with Gasteiger partial charge in [0, 0.05) is 23.5 Å². The third kappa shape index (κ3) is 5.16. The Balaban J connectivity index is 1.42. The number of rotatable bonds is 6. The van der Waals surface area contributed by atoms with Gasteiger partial charge in [0.15, 0.2) is 0 Å². The molecule has 4 nitrogen and oxygen atoms in total. The summed E-state index contributed by atoms with van der Waals surface area (Å²) in [6.07, 6.45) is 2.51. The fourth-order valence-corrected chi connectivity index (χ4v) is 6.15. The third-order valence-electron chi connectivity index (χ3n) is 7.34. The number of thiophene rings is 1. The first kappa shape index (κ1) is 25.9. The molecule has 0 spiro atoms. The predicted molar refractivity (Wildman–Crippen MR) is 157 cm³/mol. The SMILES string of the molecule is C=CCN(CC(=O)N1CCc2sccc2C1c1ccc(C(C)(C)C)cc1)C(=O)c1ccc2ccccc2c1. The Bertz CT molecular complexity index is 1480. The zero-order valence-electron chi connectivity index (χ0n) is 22.3. The van der Waals surface area contributed by atoms with Crippen molar-refractivity contribution in [3.05, 3.63) is 118 Å². The molecule has 194 valence electrons. The van der Waals surface area contributed by atoms with Crippen molar-refractivity contribution < 1.29 is 9.59 Å². The molecule has 2 amide bonds. The summed E-state index contributed by atoms with van der Waals surface area (Å²) >= 11 is 1.75. The molecule has 38 heavy (non-hydrogen) atoms. The molecule has 0 N–H and O–H groups in total. The molecule has 5 heteroatoms. The van der Waals surface area contributed by atoms with E-state index in [2.05, 4.69) is 63.1 Å². The molecule has 3 aromatic carbocycles. The van der Waals surface area contributed by atoms with Gasteiger partial charge < -0.3 is 9.80 Å². The van der Waals surface area contributed by atoms with Crippen molar-refractivity contribution in [3.63, 3.8) is 0 Å². The van der Waals surface area contributed by atoms with Crippen LogP contribution >= 0.6 is 11.3 Å². The Morgan fingerprint density at radius 1 is 1.03 bits per heavy atom. The Hall–Kier alpha value is -3.70. The number of hydrogen-bond donors (Lipinski definition) is 0. The minimum absolute atomic E-state index is 0.00766. The monoisotopic (exact) mass is 522 g/mol. The highest BCUT2D eigenvalue weighted by atomic mass is 32.1. The van der Waals surface area contributed by atoms with Crippen LogP contribution in [-0.2, 0) is 16.6 Å². The first-order chi connectivity index (χ1) is 18.3. The highest BCUT2D eigenvalue weighted by Gasteiger charge is 2.34. The van der Waals surface area contributed by atoms with Crippen LogP contribution in [0, 0.1) is 0 Å². The molecule has 5 rings (SSSR count). The van der Waals surface area contributed by atoms with Crippen LogP contribution in [0.4, 0.5) is 0 Å². The molecule has 0 radical (unpaired) electrons. The number of carbonyl (C=O) groups is 2. The van der Waals surface area contributed by atoms with Gasteiger partial charge >= 0.3 is 0 Å². The summed E-state index contributed by atoms with van der Waals surface area (Å²) in [7, 11) is 0. The third-order valence-corrected chi connectivity index (χ3v) is 8.33. The smallest absolute Gasteiger partial charge is 0.254 e. The van der Waals surface area contributed by atoms with E-state index in [4.69, 9.17) is 0 Å². The van der Waals surface area contributed by atoms with Gasteiger partial charge in [0.2, 0.25) is 5.91 Å². The van der Waals surface area contributed by atoms with E-state index < -0.39 is 0 Å². The van der Waals surface area contributed by atoms with Gasteiger partial charge in [-0.05, 0) is 62.9 Å². The predicted octanol–water partition coefficient (Wildman–Crippen LogP) is 7.00. The minimum atomic E-state index is -0.164. The molecular weight excluding hydrogens is 488 g/mol. The Kier molecular flexibility index (Phi) is 7.22. The summed E-state index contributed by atoms with van der Waals surface area (Å²) in [5.74, 6) is -0.217. The van der Waals surface area contributed by atoms with Crippen molar-refractivity contribution in [2.24, 2.45) is 0 Å². The fraction of sp³-hybridized carbons (Fsp3) is 0.273. The van der Waals surface area contributed by atoms with Crippen molar-refractivity contribution in [2.45, 2.75) is 38.6 Å². The van der Waals surface area contributed by atoms with E-state index in [0.717, 1.165) is 22.8 Å². The maximum atomic E-state index is 13.9. The van der Waals surface area contributed by atoms with Gasteiger partial charge in [-0.25, -0.2) is 0 Å². The average Bonchev–Trinajstić information content (AvgIpc) is 3.40. The van der Waals surface area contributed by atoms with Gasteiger partial charge in [-0.3, -0.25) is 9.59 Å². The van der Waals surface area contributed by atoms with Crippen LogP contribution in [0.15, 0.2) is 90.8 Å². The Morgan fingerprint density at radius 3 is 2.47 bits per heavy atom. The van der Waals surface area contributed by atoms with Gasteiger partial charge in [0.05, 0.1) is 6.04 Å². The van der Waals surface area contributed by atoms with Crippen LogP contribution in [-0.4, -0.2) is 41.2 Å². The molecule has 1 atom stereocenters. The highest BCUT2D eigenvalue weighted by molar-refractivity contribution is 7.10. The minimum Gasteiger partial charge on any atom is -0.330 e. The highest BCUT2D eigenvalue weighted by Crippen LogP contribution is 2.38. The molecule has 1 aromatic heterocycles. The zero-order chi connectivity index (χ0) is 26.9. The van der Waals surface area contributed by atoms with Gasteiger partial charge in [0.25, 0.3) is 5.91 Å². The number of amides is 2. The molecule has 1 aliphatic heterocycles. The quantitative estimate of drug-likeness (QED) is 0.256. The van der Waals surface area contributed by atoms with Gasteiger partial charge in [0.1, 0.15) is 6.54 Å². The van der Waals surface area contributed by atoms with Crippen molar-refractivity contribution in [1.82, 2.24) is 9.80 Å². The number of fused-ring (bicyclic) bond motifs is 2. The summed E-state index contributed by atoms with van der Waals surface area (Å²) < 4.78 is 0. The van der Waals surface area contributed by atoms with Crippen LogP contribution < -0.4 is 0 Å². The van der Waals surface area contributed by atoms with Crippen LogP contribution in [0.3, 0.4) is 0 Å². The molecule has 0 fully saturated rings. The lowest BCUT2D eigenvalue weighted by molar-refractivity contribution is -0.133. The van der Waals surface area contributed by atoms with Crippen molar-refractivity contribution in [2.75, 3.05) is 19.6 Å². The van der Waals surface area contributed by atoms with E-state index in [9.17, 15) is 9.59 Å². The van der Waals surface area contributed by atoms with E-state index >= 15 is 0 Å². The Morgan fingerprint density at radius 2 is 1.76 bits per heavy atom. The molecule has 0 saturated carbocycles. The normalized spacial score (nSPS) is 15.2. The number of benzene rings is 3. The summed E-state index contributed by atoms with van der Waals surface area (Å²) in [6.45, 7) is 11.4. The second kappa shape index (κ2) is 10.6. The van der Waals surface area contributed by atoms with Crippen molar-refractivity contribution >= 4 is 33.9 Å². The van der Waals surface area contributed by atoms with Crippen LogP contribution in [0.1, 0.15) is 58.7 Å². The van der Waals surface area contributed by atoms with Gasteiger partial charge in [-0.2, -0.15) is 0 Å². The summed E-state index contributed by atoms with van der Waals surface area (Å²) in [6, 6.07) is 24.3. The molecule has 0 bridgehead atoms. The molecule has 0 aliphatic carbocycles. The molecule has 4 aromatic rings. The van der Waals surface area contributed by atoms with Crippen LogP contribution in [0.2, 0.25) is 0 Å². The fourth-order valence-electron chi connectivity index (χ4n) is 5.24. The first-order valence-corrected chi connectivity index (χ1v) is 14.0. The summed E-state index contributed by atoms with van der Waals surface area (Å²) in [4.78, 5) is 32.3. The van der Waals surface area contributed by atoms with E-state index in [1.807, 2.05) is 47.4 Å². The maximum Gasteiger partial charge on any atom is 0.254 e. The van der Waals surface area contributed by atoms with Crippen LogP contribution in [0.25, 0.3) is 10.8 Å². The number of nitrogens with zero attached hydrogens (tertiary/aromatic N) is 2. The second-order valence-electron chi connectivity index (χ2n) is 10.9. The molecule has 2 heterocycles. The average molecular weight is 523 g/mol. The number of carbonyl (C=O) groups excluding carboxylic acids is 2. The van der Waals surface area contributed by atoms with Crippen LogP contribution in [0.5, 0.6) is 0 Å². The second-order valence-corrected chi connectivity index (χ2v) is 11.9. The summed E-state index contributed by atoms with van der Waals surface area (Å²) in [5, 5.41) is 4.20. The number of hydrogen-bond acceptors (Lipinski definition) is 3. The molecule has 1 unspecified atom stereocenters. The Labute approximate surface area is 229 Å². The van der Waals surface area contributed by atoms with E-state index in [0.29, 0.717) is 18.7 Å². The molecule has 1 aliphatic rings. The first-order valence-electron chi connectivity index (χ1n) is 13.1. The lowest BCUT2D eigenvalue weighted by Crippen LogP contribution is -2.46. The van der Waals surface area contributed by atoms with E-state index in [-0.39, 0.29) is 29.8 Å². The van der Waals surface area contributed by atoms with Crippen molar-refractivity contribution in [1.29, 1.82) is 0 Å². The van der Waals surface area contributed by atoms with E-state index in [1.165, 1.54) is 16.0 Å². The largest absolute Gasteiger partial charge is 0.330 e.